The van der Waals surface area contributed by atoms with E-state index >= 15 is 0 Å². The lowest BCUT2D eigenvalue weighted by Crippen LogP contribution is -2.51. The number of hydrogen-bond donors (Lipinski definition) is 0. The molecule has 0 saturated heterocycles. The zero-order chi connectivity index (χ0) is 17.3. The SMILES string of the molecule is CO[Si](OC)(OC)C(C)(C)C.CO[Si](OC)(OC)C(C)C. The van der Waals surface area contributed by atoms with Crippen LogP contribution in [0.25, 0.3) is 0 Å². The van der Waals surface area contributed by atoms with Crippen LogP contribution in [0, 0.1) is 0 Å². The molecule has 0 spiro atoms. The molecule has 0 aromatic carbocycles. The van der Waals surface area contributed by atoms with Gasteiger partial charge in [-0.2, -0.15) is 0 Å². The van der Waals surface area contributed by atoms with Crippen molar-refractivity contribution in [2.75, 3.05) is 42.7 Å². The summed E-state index contributed by atoms with van der Waals surface area (Å²) in [4.78, 5) is 0. The third-order valence-corrected chi connectivity index (χ3v) is 9.86. The largest absolute Gasteiger partial charge is 0.505 e. The summed E-state index contributed by atoms with van der Waals surface area (Å²) in [5.74, 6) is 0. The van der Waals surface area contributed by atoms with Gasteiger partial charge in [0.2, 0.25) is 0 Å². The Kier molecular flexibility index (Phi) is 11.2. The summed E-state index contributed by atoms with van der Waals surface area (Å²) in [5, 5.41) is -0.0642. The third kappa shape index (κ3) is 6.07. The second kappa shape index (κ2) is 10.1. The maximum Gasteiger partial charge on any atom is 0.505 e. The molecule has 0 heterocycles. The van der Waals surface area contributed by atoms with Gasteiger partial charge in [-0.3, -0.25) is 0 Å². The smallest absolute Gasteiger partial charge is 0.377 e. The predicted octanol–water partition coefficient (Wildman–Crippen LogP) is 2.94. The lowest BCUT2D eigenvalue weighted by Gasteiger charge is -2.35. The van der Waals surface area contributed by atoms with Crippen molar-refractivity contribution < 1.29 is 26.6 Å². The summed E-state index contributed by atoms with van der Waals surface area (Å²) in [6.07, 6.45) is 0. The lowest BCUT2D eigenvalue weighted by molar-refractivity contribution is 0.0989. The number of hydrogen-bond acceptors (Lipinski definition) is 6. The summed E-state index contributed by atoms with van der Waals surface area (Å²) in [6.45, 7) is 10.2. The second-order valence-electron chi connectivity index (χ2n) is 5.79. The highest BCUT2D eigenvalue weighted by atomic mass is 28.4. The van der Waals surface area contributed by atoms with Crippen molar-refractivity contribution in [3.05, 3.63) is 0 Å². The fraction of sp³-hybridized carbons (Fsp3) is 1.00. The first kappa shape index (κ1) is 23.5. The molecular weight excluding hydrogens is 308 g/mol. The van der Waals surface area contributed by atoms with Gasteiger partial charge in [-0.05, 0) is 0 Å². The van der Waals surface area contributed by atoms with Crippen molar-refractivity contribution >= 4 is 17.6 Å². The maximum absolute atomic E-state index is 5.30. The van der Waals surface area contributed by atoms with Gasteiger partial charge in [-0.1, -0.05) is 34.6 Å². The summed E-state index contributed by atoms with van der Waals surface area (Å²) in [7, 11) is 5.05. The van der Waals surface area contributed by atoms with Crippen molar-refractivity contribution in [1.29, 1.82) is 0 Å². The van der Waals surface area contributed by atoms with Gasteiger partial charge in [0.05, 0.1) is 0 Å². The highest BCUT2D eigenvalue weighted by Gasteiger charge is 2.50. The molecule has 0 aliphatic heterocycles. The summed E-state index contributed by atoms with van der Waals surface area (Å²) in [6, 6.07) is 0. The molecule has 0 atom stereocenters. The van der Waals surface area contributed by atoms with E-state index in [-0.39, 0.29) is 5.04 Å². The Balaban J connectivity index is 0. The minimum Gasteiger partial charge on any atom is -0.377 e. The van der Waals surface area contributed by atoms with Gasteiger partial charge in [-0.25, -0.2) is 0 Å². The van der Waals surface area contributed by atoms with Crippen LogP contribution >= 0.6 is 0 Å². The molecule has 0 rings (SSSR count). The quantitative estimate of drug-likeness (QED) is 0.663. The van der Waals surface area contributed by atoms with Gasteiger partial charge in [0.25, 0.3) is 0 Å². The van der Waals surface area contributed by atoms with Crippen molar-refractivity contribution in [2.45, 2.75) is 45.2 Å². The van der Waals surface area contributed by atoms with Crippen LogP contribution < -0.4 is 0 Å². The van der Waals surface area contributed by atoms with Crippen molar-refractivity contribution in [3.8, 4) is 0 Å². The van der Waals surface area contributed by atoms with Crippen molar-refractivity contribution in [1.82, 2.24) is 0 Å². The minimum absolute atomic E-state index is 0.0642. The van der Waals surface area contributed by atoms with E-state index in [2.05, 4.69) is 20.8 Å². The Labute approximate surface area is 132 Å². The summed E-state index contributed by atoms with van der Waals surface area (Å²) >= 11 is 0. The fourth-order valence-electron chi connectivity index (χ4n) is 2.13. The first-order chi connectivity index (χ1) is 9.56. The molecule has 8 heteroatoms. The molecule has 6 nitrogen and oxygen atoms in total. The highest BCUT2D eigenvalue weighted by Crippen LogP contribution is 2.36. The first-order valence-corrected chi connectivity index (χ1v) is 10.4. The van der Waals surface area contributed by atoms with E-state index in [4.69, 9.17) is 26.6 Å². The van der Waals surface area contributed by atoms with E-state index in [9.17, 15) is 0 Å². The van der Waals surface area contributed by atoms with Gasteiger partial charge in [-0.15, -0.1) is 0 Å². The van der Waals surface area contributed by atoms with E-state index < -0.39 is 17.6 Å². The standard InChI is InChI=1S/C7H18O3Si.C6H16O3Si/c1-7(2,3)11(8-4,9-5)10-6;1-6(2)10(7-3,8-4)9-5/h1-6H3;6H,1-5H3. The van der Waals surface area contributed by atoms with Crippen LogP contribution in [0.4, 0.5) is 0 Å². The van der Waals surface area contributed by atoms with Gasteiger partial charge < -0.3 is 26.6 Å². The Hall–Kier alpha value is 0.194. The molecule has 0 saturated carbocycles. The van der Waals surface area contributed by atoms with Crippen LogP contribution in [0.15, 0.2) is 0 Å². The zero-order valence-electron chi connectivity index (χ0n) is 15.5. The van der Waals surface area contributed by atoms with Crippen LogP contribution in [-0.2, 0) is 26.6 Å². The molecule has 0 fully saturated rings. The topological polar surface area (TPSA) is 55.4 Å². The Morgan fingerprint density at radius 3 is 0.905 bits per heavy atom. The third-order valence-electron chi connectivity index (χ3n) is 3.29. The Bertz CT molecular complexity index is 243. The van der Waals surface area contributed by atoms with E-state index in [0.717, 1.165) is 0 Å². The van der Waals surface area contributed by atoms with E-state index in [1.54, 1.807) is 42.7 Å². The molecule has 0 aromatic rings. The van der Waals surface area contributed by atoms with Crippen molar-refractivity contribution in [3.63, 3.8) is 0 Å². The van der Waals surface area contributed by atoms with Crippen LogP contribution in [0.2, 0.25) is 10.6 Å². The molecule has 0 bridgehead atoms. The summed E-state index contributed by atoms with van der Waals surface area (Å²) in [5.41, 5.74) is 0.312. The van der Waals surface area contributed by atoms with Gasteiger partial charge in [0.15, 0.2) is 0 Å². The Morgan fingerprint density at radius 1 is 0.619 bits per heavy atom. The minimum atomic E-state index is -2.42. The monoisotopic (exact) mass is 342 g/mol. The second-order valence-corrected chi connectivity index (χ2v) is 13.2. The normalized spacial score (nSPS) is 13.1. The molecule has 0 N–H and O–H groups in total. The molecule has 21 heavy (non-hydrogen) atoms. The molecule has 0 aliphatic rings. The van der Waals surface area contributed by atoms with Crippen LogP contribution in [0.1, 0.15) is 34.6 Å². The van der Waals surface area contributed by atoms with Gasteiger partial charge >= 0.3 is 17.6 Å². The van der Waals surface area contributed by atoms with Gasteiger partial charge in [0.1, 0.15) is 0 Å². The van der Waals surface area contributed by atoms with E-state index in [1.165, 1.54) is 0 Å². The van der Waals surface area contributed by atoms with Gasteiger partial charge in [0, 0.05) is 53.2 Å². The number of rotatable bonds is 7. The van der Waals surface area contributed by atoms with Crippen LogP contribution in [-0.4, -0.2) is 60.3 Å². The molecule has 130 valence electrons. The summed E-state index contributed by atoms with van der Waals surface area (Å²) < 4.78 is 31.5. The fourth-order valence-corrected chi connectivity index (χ4v) is 6.38. The average Bonchev–Trinajstić information content (AvgIpc) is 2.43. The molecule has 0 aliphatic carbocycles. The van der Waals surface area contributed by atoms with Crippen LogP contribution in [0.5, 0.6) is 0 Å². The molecule has 0 amide bonds. The molecule has 0 unspecified atom stereocenters. The van der Waals surface area contributed by atoms with E-state index in [0.29, 0.717) is 5.54 Å². The first-order valence-electron chi connectivity index (χ1n) is 6.87. The zero-order valence-corrected chi connectivity index (χ0v) is 17.5. The van der Waals surface area contributed by atoms with E-state index in [1.807, 2.05) is 13.8 Å². The Morgan fingerprint density at radius 2 is 0.905 bits per heavy atom. The molecule has 0 radical (unpaired) electrons. The average molecular weight is 343 g/mol. The molecule has 0 aromatic heterocycles. The van der Waals surface area contributed by atoms with Crippen LogP contribution in [0.3, 0.4) is 0 Å². The lowest BCUT2D eigenvalue weighted by atomic mass is 10.3. The predicted molar refractivity (Wildman–Crippen MR) is 88.4 cm³/mol. The van der Waals surface area contributed by atoms with Crippen molar-refractivity contribution in [2.24, 2.45) is 0 Å². The molecular formula is C13H34O6Si2. The highest BCUT2D eigenvalue weighted by molar-refractivity contribution is 6.63. The maximum atomic E-state index is 5.30.